The topological polar surface area (TPSA) is 59.2 Å². The molecule has 1 amide bonds. The van der Waals surface area contributed by atoms with Gasteiger partial charge in [0.15, 0.2) is 0 Å². The van der Waals surface area contributed by atoms with Crippen molar-refractivity contribution in [3.05, 3.63) is 53.5 Å². The summed E-state index contributed by atoms with van der Waals surface area (Å²) in [4.78, 5) is 17.9. The Bertz CT molecular complexity index is 658. The molecule has 0 radical (unpaired) electrons. The van der Waals surface area contributed by atoms with Crippen LogP contribution in [-0.4, -0.2) is 17.9 Å². The Hall–Kier alpha value is -2.43. The average Bonchev–Trinajstić information content (AvgIpc) is 2.46. The number of benzene rings is 1. The lowest BCUT2D eigenvalue weighted by Gasteiger charge is -2.18. The zero-order valence-electron chi connectivity index (χ0n) is 12.1. The Morgan fingerprint density at radius 1 is 1.33 bits per heavy atom. The van der Waals surface area contributed by atoms with Gasteiger partial charge < -0.3 is 10.6 Å². The van der Waals surface area contributed by atoms with Crippen molar-refractivity contribution >= 4 is 17.4 Å². The molecule has 0 atom stereocenters. The van der Waals surface area contributed by atoms with E-state index in [4.69, 9.17) is 5.73 Å². The fourth-order valence-electron chi connectivity index (χ4n) is 2.15. The van der Waals surface area contributed by atoms with Gasteiger partial charge in [0.2, 0.25) is 0 Å². The standard InChI is InChI=1S/C16H18FN3O/c1-3-6-12-9-11(10-15(18)19-12)16(21)20(2)14-8-5-4-7-13(14)17/h4-5,7-10H,3,6H2,1-2H3,(H2,18,19). The van der Waals surface area contributed by atoms with E-state index in [1.165, 1.54) is 24.1 Å². The van der Waals surface area contributed by atoms with Gasteiger partial charge >= 0.3 is 0 Å². The van der Waals surface area contributed by atoms with E-state index in [2.05, 4.69) is 4.98 Å². The molecule has 0 spiro atoms. The van der Waals surface area contributed by atoms with Crippen LogP contribution in [0.25, 0.3) is 0 Å². The maximum atomic E-state index is 13.8. The normalized spacial score (nSPS) is 10.4. The van der Waals surface area contributed by atoms with Gasteiger partial charge in [-0.05, 0) is 30.7 Å². The molecule has 4 nitrogen and oxygen atoms in total. The van der Waals surface area contributed by atoms with Crippen molar-refractivity contribution in [3.8, 4) is 0 Å². The third-order valence-electron chi connectivity index (χ3n) is 3.17. The number of para-hydroxylation sites is 1. The average molecular weight is 287 g/mol. The van der Waals surface area contributed by atoms with Crippen molar-refractivity contribution in [2.45, 2.75) is 19.8 Å². The molecule has 21 heavy (non-hydrogen) atoms. The molecule has 2 aromatic rings. The molecule has 5 heteroatoms. The number of nitrogen functional groups attached to an aromatic ring is 1. The number of amides is 1. The Labute approximate surface area is 123 Å². The number of rotatable bonds is 4. The summed E-state index contributed by atoms with van der Waals surface area (Å²) in [6.45, 7) is 2.03. The van der Waals surface area contributed by atoms with E-state index in [0.717, 1.165) is 18.5 Å². The maximum absolute atomic E-state index is 13.8. The molecule has 2 N–H and O–H groups in total. The van der Waals surface area contributed by atoms with Crippen LogP contribution in [0.2, 0.25) is 0 Å². The van der Waals surface area contributed by atoms with Crippen LogP contribution >= 0.6 is 0 Å². The molecule has 110 valence electrons. The smallest absolute Gasteiger partial charge is 0.258 e. The van der Waals surface area contributed by atoms with Crippen LogP contribution in [0, 0.1) is 5.82 Å². The molecule has 0 saturated heterocycles. The number of hydrogen-bond acceptors (Lipinski definition) is 3. The lowest BCUT2D eigenvalue weighted by Crippen LogP contribution is -2.27. The number of anilines is 2. The van der Waals surface area contributed by atoms with Gasteiger partial charge in [0.05, 0.1) is 5.69 Å². The highest BCUT2D eigenvalue weighted by molar-refractivity contribution is 6.06. The van der Waals surface area contributed by atoms with E-state index in [1.54, 1.807) is 24.3 Å². The van der Waals surface area contributed by atoms with Crippen LogP contribution in [0.3, 0.4) is 0 Å². The summed E-state index contributed by atoms with van der Waals surface area (Å²) in [6, 6.07) is 9.37. The molecule has 1 aromatic carbocycles. The van der Waals surface area contributed by atoms with Gasteiger partial charge in [-0.15, -0.1) is 0 Å². The van der Waals surface area contributed by atoms with Gasteiger partial charge in [-0.3, -0.25) is 4.79 Å². The summed E-state index contributed by atoms with van der Waals surface area (Å²) < 4.78 is 13.8. The summed E-state index contributed by atoms with van der Waals surface area (Å²) in [5.74, 6) is -0.457. The molecular formula is C16H18FN3O. The monoisotopic (exact) mass is 287 g/mol. The summed E-state index contributed by atoms with van der Waals surface area (Å²) in [5.41, 5.74) is 7.15. The van der Waals surface area contributed by atoms with Crippen LogP contribution in [0.4, 0.5) is 15.9 Å². The second kappa shape index (κ2) is 6.35. The van der Waals surface area contributed by atoms with Crippen LogP contribution in [0.1, 0.15) is 29.4 Å². The molecule has 0 aliphatic heterocycles. The van der Waals surface area contributed by atoms with E-state index in [9.17, 15) is 9.18 Å². The molecule has 1 aromatic heterocycles. The van der Waals surface area contributed by atoms with Gasteiger partial charge in [0, 0.05) is 18.3 Å². The van der Waals surface area contributed by atoms with E-state index >= 15 is 0 Å². The number of halogens is 1. The zero-order chi connectivity index (χ0) is 15.4. The molecule has 1 heterocycles. The highest BCUT2D eigenvalue weighted by Gasteiger charge is 2.17. The van der Waals surface area contributed by atoms with Crippen molar-refractivity contribution < 1.29 is 9.18 Å². The quantitative estimate of drug-likeness (QED) is 0.940. The number of hydrogen-bond donors (Lipinski definition) is 1. The molecule has 0 fully saturated rings. The van der Waals surface area contributed by atoms with E-state index in [-0.39, 0.29) is 11.6 Å². The Kier molecular flexibility index (Phi) is 4.52. The predicted octanol–water partition coefficient (Wildman–Crippen LogP) is 3.03. The minimum absolute atomic E-state index is 0.231. The Balaban J connectivity index is 2.33. The molecule has 0 bridgehead atoms. The third-order valence-corrected chi connectivity index (χ3v) is 3.17. The highest BCUT2D eigenvalue weighted by Crippen LogP contribution is 2.20. The van der Waals surface area contributed by atoms with E-state index < -0.39 is 5.82 Å². The number of pyridine rings is 1. The molecular weight excluding hydrogens is 269 g/mol. The molecule has 0 aliphatic carbocycles. The molecule has 0 aliphatic rings. The number of aromatic nitrogens is 1. The van der Waals surface area contributed by atoms with Crippen LogP contribution in [0.5, 0.6) is 0 Å². The number of aryl methyl sites for hydroxylation is 1. The first-order chi connectivity index (χ1) is 10.0. The van der Waals surface area contributed by atoms with Gasteiger partial charge in [-0.25, -0.2) is 9.37 Å². The SMILES string of the molecule is CCCc1cc(C(=O)N(C)c2ccccc2F)cc(N)n1. The fraction of sp³-hybridized carbons (Fsp3) is 0.250. The molecule has 0 unspecified atom stereocenters. The lowest BCUT2D eigenvalue weighted by molar-refractivity contribution is 0.0992. The minimum atomic E-state index is -0.441. The molecule has 2 rings (SSSR count). The summed E-state index contributed by atoms with van der Waals surface area (Å²) in [6.07, 6.45) is 1.65. The first-order valence-electron chi connectivity index (χ1n) is 6.82. The van der Waals surface area contributed by atoms with E-state index in [0.29, 0.717) is 11.4 Å². The summed E-state index contributed by atoms with van der Waals surface area (Å²) in [7, 11) is 1.54. The van der Waals surface area contributed by atoms with Gasteiger partial charge in [0.25, 0.3) is 5.91 Å². The predicted molar refractivity (Wildman–Crippen MR) is 81.8 cm³/mol. The van der Waals surface area contributed by atoms with Gasteiger partial charge in [0.1, 0.15) is 11.6 Å². The number of nitrogens with two attached hydrogens (primary N) is 1. The second-order valence-electron chi connectivity index (χ2n) is 4.84. The lowest BCUT2D eigenvalue weighted by atomic mass is 10.1. The van der Waals surface area contributed by atoms with Crippen molar-refractivity contribution in [2.24, 2.45) is 0 Å². The van der Waals surface area contributed by atoms with Crippen LogP contribution in [0.15, 0.2) is 36.4 Å². The summed E-state index contributed by atoms with van der Waals surface area (Å²) in [5, 5.41) is 0. The Morgan fingerprint density at radius 3 is 2.71 bits per heavy atom. The van der Waals surface area contributed by atoms with Crippen LogP contribution < -0.4 is 10.6 Å². The number of carbonyl (C=O) groups is 1. The minimum Gasteiger partial charge on any atom is -0.384 e. The molecule has 0 saturated carbocycles. The van der Waals surface area contributed by atoms with Crippen LogP contribution in [-0.2, 0) is 6.42 Å². The number of carbonyl (C=O) groups excluding carboxylic acids is 1. The highest BCUT2D eigenvalue weighted by atomic mass is 19.1. The zero-order valence-corrected chi connectivity index (χ0v) is 12.1. The Morgan fingerprint density at radius 2 is 2.05 bits per heavy atom. The summed E-state index contributed by atoms with van der Waals surface area (Å²) >= 11 is 0. The van der Waals surface area contributed by atoms with Crippen molar-refractivity contribution in [3.63, 3.8) is 0 Å². The van der Waals surface area contributed by atoms with Crippen molar-refractivity contribution in [1.29, 1.82) is 0 Å². The fourth-order valence-corrected chi connectivity index (χ4v) is 2.15. The van der Waals surface area contributed by atoms with Gasteiger partial charge in [-0.2, -0.15) is 0 Å². The largest absolute Gasteiger partial charge is 0.384 e. The van der Waals surface area contributed by atoms with Crippen molar-refractivity contribution in [2.75, 3.05) is 17.7 Å². The van der Waals surface area contributed by atoms with E-state index in [1.807, 2.05) is 6.92 Å². The first-order valence-corrected chi connectivity index (χ1v) is 6.82. The second-order valence-corrected chi connectivity index (χ2v) is 4.84. The maximum Gasteiger partial charge on any atom is 0.258 e. The van der Waals surface area contributed by atoms with Crippen molar-refractivity contribution in [1.82, 2.24) is 4.98 Å². The third kappa shape index (κ3) is 3.37. The first kappa shape index (κ1) is 15.0. The van der Waals surface area contributed by atoms with Gasteiger partial charge in [-0.1, -0.05) is 25.5 Å². The number of nitrogens with zero attached hydrogens (tertiary/aromatic N) is 2.